The zero-order valence-electron chi connectivity index (χ0n) is 17.8. The van der Waals surface area contributed by atoms with Crippen LogP contribution < -0.4 is 19.7 Å². The van der Waals surface area contributed by atoms with Crippen LogP contribution in [0, 0.1) is 0 Å². The van der Waals surface area contributed by atoms with Crippen LogP contribution in [0.3, 0.4) is 0 Å². The molecule has 2 aromatic rings. The van der Waals surface area contributed by atoms with E-state index in [9.17, 15) is 18.0 Å². The molecule has 172 valence electrons. The van der Waals surface area contributed by atoms with Crippen molar-refractivity contribution in [2.75, 3.05) is 38.3 Å². The molecular formula is C22H27N3O6S. The normalized spacial score (nSPS) is 15.8. The summed E-state index contributed by atoms with van der Waals surface area (Å²) in [4.78, 5) is 26.8. The lowest BCUT2D eigenvalue weighted by Gasteiger charge is -2.24. The maximum absolute atomic E-state index is 13.0. The zero-order chi connectivity index (χ0) is 23.0. The molecule has 0 spiro atoms. The van der Waals surface area contributed by atoms with E-state index in [1.165, 1.54) is 24.1 Å². The molecule has 2 amide bonds. The number of para-hydroxylation sites is 2. The van der Waals surface area contributed by atoms with Crippen LogP contribution in [0.5, 0.6) is 5.75 Å². The van der Waals surface area contributed by atoms with E-state index in [0.717, 1.165) is 12.8 Å². The van der Waals surface area contributed by atoms with Crippen LogP contribution in [0.1, 0.15) is 12.8 Å². The van der Waals surface area contributed by atoms with Gasteiger partial charge in [0.05, 0.1) is 30.3 Å². The van der Waals surface area contributed by atoms with Crippen molar-refractivity contribution in [3.8, 4) is 5.75 Å². The largest absolute Gasteiger partial charge is 0.495 e. The number of hydrogen-bond donors (Lipinski definition) is 2. The first-order valence-electron chi connectivity index (χ1n) is 10.3. The first-order chi connectivity index (χ1) is 15.4. The van der Waals surface area contributed by atoms with Gasteiger partial charge in [0.15, 0.2) is 0 Å². The lowest BCUT2D eigenvalue weighted by Crippen LogP contribution is -2.46. The third kappa shape index (κ3) is 6.28. The smallest absolute Gasteiger partial charge is 0.242 e. The molecule has 2 aromatic carbocycles. The van der Waals surface area contributed by atoms with Gasteiger partial charge in [-0.15, -0.1) is 0 Å². The second-order valence-corrected chi connectivity index (χ2v) is 9.00. The molecule has 1 aliphatic rings. The van der Waals surface area contributed by atoms with Gasteiger partial charge in [-0.05, 0) is 37.1 Å². The van der Waals surface area contributed by atoms with Crippen molar-refractivity contribution in [1.29, 1.82) is 0 Å². The molecule has 0 saturated carbocycles. The van der Waals surface area contributed by atoms with Gasteiger partial charge in [-0.2, -0.15) is 0 Å². The summed E-state index contributed by atoms with van der Waals surface area (Å²) < 4.78 is 38.1. The van der Waals surface area contributed by atoms with Crippen LogP contribution in [-0.2, 0) is 24.3 Å². The fourth-order valence-electron chi connectivity index (χ4n) is 3.33. The summed E-state index contributed by atoms with van der Waals surface area (Å²) in [6.07, 6.45) is 1.79. The number of nitrogens with zero attached hydrogens (tertiary/aromatic N) is 1. The number of carbonyl (C=O) groups is 2. The Bertz CT molecular complexity index is 1020. The molecule has 2 N–H and O–H groups in total. The van der Waals surface area contributed by atoms with Crippen molar-refractivity contribution in [3.63, 3.8) is 0 Å². The molecule has 1 atom stereocenters. The van der Waals surface area contributed by atoms with E-state index in [1.807, 2.05) is 0 Å². The van der Waals surface area contributed by atoms with Gasteiger partial charge < -0.3 is 14.8 Å². The SMILES string of the molecule is COc1ccccc1N(CC(=O)NC[C@@H]1CCCO1)C(=O)CNS(=O)(=O)c1ccccc1. The van der Waals surface area contributed by atoms with Gasteiger partial charge in [-0.1, -0.05) is 30.3 Å². The highest BCUT2D eigenvalue weighted by Crippen LogP contribution is 2.27. The van der Waals surface area contributed by atoms with Crippen LogP contribution in [0.2, 0.25) is 0 Å². The summed E-state index contributed by atoms with van der Waals surface area (Å²) in [5, 5.41) is 2.78. The minimum absolute atomic E-state index is 0.0351. The molecule has 1 heterocycles. The van der Waals surface area contributed by atoms with Crippen LogP contribution in [0.15, 0.2) is 59.5 Å². The van der Waals surface area contributed by atoms with Gasteiger partial charge in [0.1, 0.15) is 12.3 Å². The Morgan fingerprint density at radius 1 is 1.12 bits per heavy atom. The van der Waals surface area contributed by atoms with Crippen molar-refractivity contribution in [2.24, 2.45) is 0 Å². The van der Waals surface area contributed by atoms with Crippen LogP contribution in [0.25, 0.3) is 0 Å². The number of nitrogens with one attached hydrogen (secondary N) is 2. The van der Waals surface area contributed by atoms with Crippen molar-refractivity contribution < 1.29 is 27.5 Å². The molecular weight excluding hydrogens is 434 g/mol. The summed E-state index contributed by atoms with van der Waals surface area (Å²) >= 11 is 0. The van der Waals surface area contributed by atoms with E-state index in [-0.39, 0.29) is 23.5 Å². The summed E-state index contributed by atoms with van der Waals surface area (Å²) in [5.74, 6) is -0.592. The Labute approximate surface area is 187 Å². The molecule has 0 bridgehead atoms. The third-order valence-electron chi connectivity index (χ3n) is 5.00. The summed E-state index contributed by atoms with van der Waals surface area (Å²) in [5.41, 5.74) is 0.367. The Balaban J connectivity index is 1.72. The maximum Gasteiger partial charge on any atom is 0.242 e. The number of ether oxygens (including phenoxy) is 2. The average molecular weight is 462 g/mol. The average Bonchev–Trinajstić information content (AvgIpc) is 3.34. The third-order valence-corrected chi connectivity index (χ3v) is 6.41. The maximum atomic E-state index is 13.0. The zero-order valence-corrected chi connectivity index (χ0v) is 18.6. The Morgan fingerprint density at radius 3 is 2.53 bits per heavy atom. The Hall–Kier alpha value is -2.95. The molecule has 1 aliphatic heterocycles. The number of rotatable bonds is 10. The quantitative estimate of drug-likeness (QED) is 0.551. The highest BCUT2D eigenvalue weighted by molar-refractivity contribution is 7.89. The number of amides is 2. The molecule has 1 saturated heterocycles. The molecule has 1 fully saturated rings. The lowest BCUT2D eigenvalue weighted by molar-refractivity contribution is -0.123. The number of sulfonamides is 1. The molecule has 32 heavy (non-hydrogen) atoms. The number of benzene rings is 2. The number of carbonyl (C=O) groups excluding carboxylic acids is 2. The van der Waals surface area contributed by atoms with E-state index >= 15 is 0 Å². The van der Waals surface area contributed by atoms with Crippen molar-refractivity contribution in [2.45, 2.75) is 23.8 Å². The molecule has 10 heteroatoms. The topological polar surface area (TPSA) is 114 Å². The van der Waals surface area contributed by atoms with Gasteiger partial charge in [0.2, 0.25) is 21.8 Å². The van der Waals surface area contributed by atoms with E-state index in [4.69, 9.17) is 9.47 Å². The molecule has 9 nitrogen and oxygen atoms in total. The fourth-order valence-corrected chi connectivity index (χ4v) is 4.32. The van der Waals surface area contributed by atoms with E-state index in [2.05, 4.69) is 10.0 Å². The predicted molar refractivity (Wildman–Crippen MR) is 119 cm³/mol. The van der Waals surface area contributed by atoms with Gasteiger partial charge in [-0.3, -0.25) is 14.5 Å². The van der Waals surface area contributed by atoms with Crippen LogP contribution in [0.4, 0.5) is 5.69 Å². The standard InChI is InChI=1S/C22H27N3O6S/c1-30-20-12-6-5-11-19(20)25(16-21(26)23-14-17-8-7-13-31-17)22(27)15-24-32(28,29)18-9-3-2-4-10-18/h2-6,9-12,17,24H,7-8,13-16H2,1H3,(H,23,26)/t17-/m0/s1. The van der Waals surface area contributed by atoms with Crippen molar-refractivity contribution in [3.05, 3.63) is 54.6 Å². The number of methoxy groups -OCH3 is 1. The molecule has 0 aromatic heterocycles. The summed E-state index contributed by atoms with van der Waals surface area (Å²) in [6, 6.07) is 14.5. The fraction of sp³-hybridized carbons (Fsp3) is 0.364. The van der Waals surface area contributed by atoms with Crippen molar-refractivity contribution in [1.82, 2.24) is 10.0 Å². The first-order valence-corrected chi connectivity index (χ1v) is 11.8. The lowest BCUT2D eigenvalue weighted by atomic mass is 10.2. The second kappa shape index (κ2) is 11.1. The van der Waals surface area contributed by atoms with Gasteiger partial charge in [-0.25, -0.2) is 13.1 Å². The minimum atomic E-state index is -3.88. The van der Waals surface area contributed by atoms with Gasteiger partial charge in [0.25, 0.3) is 0 Å². The monoisotopic (exact) mass is 461 g/mol. The Morgan fingerprint density at radius 2 is 1.84 bits per heavy atom. The minimum Gasteiger partial charge on any atom is -0.495 e. The van der Waals surface area contributed by atoms with E-state index in [1.54, 1.807) is 42.5 Å². The first kappa shape index (κ1) is 23.7. The van der Waals surface area contributed by atoms with E-state index in [0.29, 0.717) is 24.6 Å². The van der Waals surface area contributed by atoms with Crippen LogP contribution >= 0.6 is 0 Å². The predicted octanol–water partition coefficient (Wildman–Crippen LogP) is 1.30. The van der Waals surface area contributed by atoms with E-state index < -0.39 is 22.5 Å². The Kier molecular flexibility index (Phi) is 8.20. The highest BCUT2D eigenvalue weighted by Gasteiger charge is 2.25. The molecule has 0 unspecified atom stereocenters. The van der Waals surface area contributed by atoms with Crippen molar-refractivity contribution >= 4 is 27.5 Å². The number of anilines is 1. The molecule has 3 rings (SSSR count). The summed E-state index contributed by atoms with van der Waals surface area (Å²) in [6.45, 7) is 0.217. The van der Waals surface area contributed by atoms with Gasteiger partial charge in [0, 0.05) is 13.2 Å². The second-order valence-electron chi connectivity index (χ2n) is 7.23. The summed E-state index contributed by atoms with van der Waals surface area (Å²) in [7, 11) is -2.43. The van der Waals surface area contributed by atoms with Gasteiger partial charge >= 0.3 is 0 Å². The highest BCUT2D eigenvalue weighted by atomic mass is 32.2. The van der Waals surface area contributed by atoms with Crippen LogP contribution in [-0.4, -0.2) is 59.7 Å². The molecule has 0 aliphatic carbocycles. The molecule has 0 radical (unpaired) electrons. The number of hydrogen-bond acceptors (Lipinski definition) is 6.